The number of rotatable bonds is 11. The maximum absolute atomic E-state index is 12.9. The molecule has 0 spiro atoms. The van der Waals surface area contributed by atoms with Crippen LogP contribution in [0.25, 0.3) is 17.2 Å². The van der Waals surface area contributed by atoms with E-state index < -0.39 is 15.9 Å². The molecule has 1 fully saturated rings. The minimum absolute atomic E-state index is 0.104. The van der Waals surface area contributed by atoms with Gasteiger partial charge in [0.25, 0.3) is 5.52 Å². The van der Waals surface area contributed by atoms with Gasteiger partial charge in [-0.3, -0.25) is 4.79 Å². The van der Waals surface area contributed by atoms with E-state index in [-0.39, 0.29) is 31.5 Å². The van der Waals surface area contributed by atoms with Crippen molar-refractivity contribution in [3.63, 3.8) is 0 Å². The molecular weight excluding hydrogens is 679 g/mol. The number of thioether (sulfide) groups is 2. The fourth-order valence-corrected chi connectivity index (χ4v) is 8.12. The molecule has 0 saturated carbocycles. The fourth-order valence-electron chi connectivity index (χ4n) is 5.04. The van der Waals surface area contributed by atoms with E-state index in [4.69, 9.17) is 37.1 Å². The van der Waals surface area contributed by atoms with E-state index in [9.17, 15) is 17.8 Å². The zero-order valence-electron chi connectivity index (χ0n) is 24.7. The zero-order chi connectivity index (χ0) is 32.0. The Hall–Kier alpha value is -2.35. The molecule has 1 saturated heterocycles. The topological polar surface area (TPSA) is 113 Å². The van der Waals surface area contributed by atoms with E-state index in [0.29, 0.717) is 51.6 Å². The largest absolute Gasteiger partial charge is 0.748 e. The number of esters is 1. The monoisotopic (exact) mass is 712 g/mol. The van der Waals surface area contributed by atoms with Crippen LogP contribution in [0.4, 0.5) is 5.69 Å². The van der Waals surface area contributed by atoms with Crippen molar-refractivity contribution in [2.24, 2.45) is 0 Å². The molecule has 0 bridgehead atoms. The van der Waals surface area contributed by atoms with Crippen molar-refractivity contribution in [3.8, 4) is 5.75 Å². The number of nitrogens with zero attached hydrogens (tertiary/aromatic N) is 2. The molecule has 0 atom stereocenters. The first-order valence-corrected chi connectivity index (χ1v) is 19.3. The second-order valence-electron chi connectivity index (χ2n) is 10.6. The van der Waals surface area contributed by atoms with Crippen molar-refractivity contribution in [3.05, 3.63) is 69.9 Å². The number of ether oxygens (including phenoxy) is 2. The lowest BCUT2D eigenvalue weighted by molar-refractivity contribution is -0.677. The molecule has 0 amide bonds. The summed E-state index contributed by atoms with van der Waals surface area (Å²) in [6.45, 7) is 2.55. The highest BCUT2D eigenvalue weighted by Gasteiger charge is 2.29. The summed E-state index contributed by atoms with van der Waals surface area (Å²) < 4.78 is 53.8. The molecule has 45 heavy (non-hydrogen) atoms. The van der Waals surface area contributed by atoms with Gasteiger partial charge in [-0.25, -0.2) is 8.42 Å². The third-order valence-corrected chi connectivity index (χ3v) is 10.8. The van der Waals surface area contributed by atoms with E-state index in [1.165, 1.54) is 6.42 Å². The minimum atomic E-state index is -4.37. The summed E-state index contributed by atoms with van der Waals surface area (Å²) in [5, 5.41) is 1.04. The SMILES string of the molecule is CCC(=Cc1oc2ccc(Cl)cc2[n+]1CCCS(=O)(=O)[O-])C=C1Oc2ccc(Cl)cc2N1CCC(=O)OC1CSCCCSC1. The predicted molar refractivity (Wildman–Crippen MR) is 180 cm³/mol. The fraction of sp³-hybridized carbons (Fsp3) is 0.419. The number of carbonyl (C=O) groups excluding carboxylic acids is 1. The molecule has 1 aromatic heterocycles. The Labute approximate surface area is 281 Å². The Bertz CT molecular complexity index is 1700. The summed E-state index contributed by atoms with van der Waals surface area (Å²) in [7, 11) is -4.37. The lowest BCUT2D eigenvalue weighted by Crippen LogP contribution is -2.36. The first-order valence-electron chi connectivity index (χ1n) is 14.7. The molecule has 3 aromatic rings. The van der Waals surface area contributed by atoms with Gasteiger partial charge in [0.1, 0.15) is 6.10 Å². The molecule has 5 rings (SSSR count). The highest BCUT2D eigenvalue weighted by Crippen LogP contribution is 2.41. The third kappa shape index (κ3) is 9.36. The Morgan fingerprint density at radius 1 is 1.16 bits per heavy atom. The molecule has 3 heterocycles. The minimum Gasteiger partial charge on any atom is -0.748 e. The van der Waals surface area contributed by atoms with Crippen molar-refractivity contribution in [2.75, 3.05) is 40.2 Å². The molecule has 14 heteroatoms. The smallest absolute Gasteiger partial charge is 0.374 e. The summed E-state index contributed by atoms with van der Waals surface area (Å²) in [5.41, 5.74) is 2.84. The van der Waals surface area contributed by atoms with Crippen LogP contribution in [-0.4, -0.2) is 60.4 Å². The zero-order valence-corrected chi connectivity index (χ0v) is 28.7. The number of anilines is 1. The van der Waals surface area contributed by atoms with Gasteiger partial charge < -0.3 is 23.3 Å². The van der Waals surface area contributed by atoms with Crippen LogP contribution in [0.5, 0.6) is 5.75 Å². The first kappa shape index (κ1) is 34.0. The number of carbonyl (C=O) groups is 1. The van der Waals surface area contributed by atoms with Crippen LogP contribution >= 0.6 is 46.7 Å². The summed E-state index contributed by atoms with van der Waals surface area (Å²) >= 11 is 16.2. The van der Waals surface area contributed by atoms with Crippen LogP contribution in [0.15, 0.2) is 58.3 Å². The molecule has 0 aliphatic carbocycles. The number of allylic oxidation sites excluding steroid dienone is 2. The van der Waals surface area contributed by atoms with Crippen LogP contribution in [0.1, 0.15) is 38.5 Å². The molecule has 2 aliphatic rings. The van der Waals surface area contributed by atoms with Gasteiger partial charge in [0.05, 0.1) is 28.3 Å². The number of halogens is 2. The number of oxazole rings is 1. The van der Waals surface area contributed by atoms with Gasteiger partial charge in [-0.05, 0) is 60.3 Å². The van der Waals surface area contributed by atoms with Crippen LogP contribution in [0, 0.1) is 0 Å². The lowest BCUT2D eigenvalue weighted by atomic mass is 10.1. The third-order valence-electron chi connectivity index (χ3n) is 7.21. The van der Waals surface area contributed by atoms with Gasteiger partial charge in [0.15, 0.2) is 12.3 Å². The second-order valence-corrected chi connectivity index (χ2v) is 15.3. The van der Waals surface area contributed by atoms with Crippen LogP contribution in [0.3, 0.4) is 0 Å². The molecule has 9 nitrogen and oxygen atoms in total. The van der Waals surface area contributed by atoms with E-state index in [0.717, 1.165) is 34.3 Å². The van der Waals surface area contributed by atoms with E-state index in [2.05, 4.69) is 0 Å². The average molecular weight is 714 g/mol. The summed E-state index contributed by atoms with van der Waals surface area (Å²) in [5.74, 6) is 4.62. The normalized spacial score (nSPS) is 17.3. The highest BCUT2D eigenvalue weighted by atomic mass is 35.5. The van der Waals surface area contributed by atoms with Crippen molar-refractivity contribution in [2.45, 2.75) is 45.3 Å². The van der Waals surface area contributed by atoms with E-state index in [1.54, 1.807) is 30.3 Å². The van der Waals surface area contributed by atoms with Crippen LogP contribution in [0.2, 0.25) is 10.0 Å². The van der Waals surface area contributed by atoms with Gasteiger partial charge >= 0.3 is 11.9 Å². The molecule has 0 N–H and O–H groups in total. The Kier molecular flexibility index (Phi) is 11.7. The van der Waals surface area contributed by atoms with Gasteiger partial charge in [-0.2, -0.15) is 28.1 Å². The van der Waals surface area contributed by atoms with Gasteiger partial charge in [-0.15, -0.1) is 0 Å². The predicted octanol–water partition coefficient (Wildman–Crippen LogP) is 6.67. The summed E-state index contributed by atoms with van der Waals surface area (Å²) in [6, 6.07) is 10.5. The van der Waals surface area contributed by atoms with Crippen LogP contribution in [-0.2, 0) is 26.2 Å². The number of aromatic nitrogens is 1. The van der Waals surface area contributed by atoms with Crippen molar-refractivity contribution in [1.82, 2.24) is 0 Å². The average Bonchev–Trinajstić information content (AvgIpc) is 3.48. The molecule has 2 aliphatic heterocycles. The number of aryl methyl sites for hydroxylation is 1. The van der Waals surface area contributed by atoms with E-state index >= 15 is 0 Å². The maximum Gasteiger partial charge on any atom is 0.374 e. The number of benzene rings is 2. The molecular formula is C31H34Cl2N2O7S3. The highest BCUT2D eigenvalue weighted by molar-refractivity contribution is 8.00. The van der Waals surface area contributed by atoms with E-state index in [1.807, 2.05) is 58.1 Å². The maximum atomic E-state index is 12.9. The second kappa shape index (κ2) is 15.5. The first-order chi connectivity index (χ1) is 21.6. The van der Waals surface area contributed by atoms with Gasteiger partial charge in [0.2, 0.25) is 11.5 Å². The quantitative estimate of drug-likeness (QED) is 0.121. The lowest BCUT2D eigenvalue weighted by Gasteiger charge is -2.21. The molecule has 242 valence electrons. The summed E-state index contributed by atoms with van der Waals surface area (Å²) in [6.07, 6.45) is 5.68. The van der Waals surface area contributed by atoms with Crippen molar-refractivity contribution in [1.29, 1.82) is 0 Å². The Morgan fingerprint density at radius 3 is 2.62 bits per heavy atom. The number of hydrogen-bond acceptors (Lipinski definition) is 10. The van der Waals surface area contributed by atoms with Gasteiger partial charge in [-0.1, -0.05) is 30.1 Å². The van der Waals surface area contributed by atoms with Crippen LogP contribution < -0.4 is 14.2 Å². The number of hydrogen-bond donors (Lipinski definition) is 0. The summed E-state index contributed by atoms with van der Waals surface area (Å²) in [4.78, 5) is 14.8. The Morgan fingerprint density at radius 2 is 1.89 bits per heavy atom. The Balaban J connectivity index is 1.40. The molecule has 0 radical (unpaired) electrons. The van der Waals surface area contributed by atoms with Gasteiger partial charge in [0, 0.05) is 52.4 Å². The molecule has 0 unspecified atom stereocenters. The molecule has 2 aromatic carbocycles. The van der Waals surface area contributed by atoms with Crippen molar-refractivity contribution >= 4 is 85.7 Å². The van der Waals surface area contributed by atoms with Crippen molar-refractivity contribution < 1.29 is 36.2 Å². The number of fused-ring (bicyclic) bond motifs is 2. The standard InChI is InChI=1S/C31H34Cl2N2O7S3/c1-2-21(15-29-34(10-3-14-45(37,38)39)25-17-22(32)5-7-27(25)41-29)16-30-35(26-18-23(33)6-8-28(26)42-30)11-9-31(36)40-24-19-43-12-4-13-44-20-24/h5-8,15-18,24H,2-4,9-14,19-20H2,1H3.